The summed E-state index contributed by atoms with van der Waals surface area (Å²) in [5.41, 5.74) is 1.01. The van der Waals surface area contributed by atoms with E-state index in [1.165, 1.54) is 18.9 Å². The van der Waals surface area contributed by atoms with E-state index in [2.05, 4.69) is 10.6 Å². The first-order chi connectivity index (χ1) is 8.69. The Bertz CT molecular complexity index is 491. The van der Waals surface area contributed by atoms with Gasteiger partial charge in [-0.3, -0.25) is 4.79 Å². The molecule has 4 nitrogen and oxygen atoms in total. The maximum Gasteiger partial charge on any atom is 0.238 e. The van der Waals surface area contributed by atoms with Crippen LogP contribution in [0.2, 0.25) is 5.02 Å². The van der Waals surface area contributed by atoms with E-state index >= 15 is 0 Å². The van der Waals surface area contributed by atoms with E-state index in [4.69, 9.17) is 16.9 Å². The molecule has 0 aliphatic heterocycles. The van der Waals surface area contributed by atoms with Crippen LogP contribution in [0, 0.1) is 17.2 Å². The molecule has 0 heterocycles. The molecule has 0 saturated heterocycles. The zero-order chi connectivity index (χ0) is 13.0. The maximum atomic E-state index is 11.6. The molecule has 5 heteroatoms. The van der Waals surface area contributed by atoms with Crippen molar-refractivity contribution >= 4 is 23.2 Å². The topological polar surface area (TPSA) is 64.9 Å². The van der Waals surface area contributed by atoms with E-state index in [1.807, 2.05) is 6.07 Å². The smallest absolute Gasteiger partial charge is 0.238 e. The van der Waals surface area contributed by atoms with Crippen molar-refractivity contribution in [2.45, 2.75) is 12.8 Å². The van der Waals surface area contributed by atoms with Gasteiger partial charge in [0.2, 0.25) is 5.91 Å². The van der Waals surface area contributed by atoms with Crippen LogP contribution in [-0.2, 0) is 4.79 Å². The van der Waals surface area contributed by atoms with Crippen molar-refractivity contribution in [2.24, 2.45) is 5.92 Å². The van der Waals surface area contributed by atoms with Crippen LogP contribution in [-0.4, -0.2) is 19.0 Å². The number of rotatable bonds is 5. The number of carbonyl (C=O) groups is 1. The fraction of sp³-hybridized carbons (Fsp3) is 0.385. The summed E-state index contributed by atoms with van der Waals surface area (Å²) in [6, 6.07) is 6.79. The lowest BCUT2D eigenvalue weighted by Crippen LogP contribution is -2.29. The lowest BCUT2D eigenvalue weighted by atomic mass is 10.2. The summed E-state index contributed by atoms with van der Waals surface area (Å²) in [4.78, 5) is 11.6. The highest BCUT2D eigenvalue weighted by molar-refractivity contribution is 6.33. The molecule has 1 aliphatic carbocycles. The summed E-state index contributed by atoms with van der Waals surface area (Å²) in [7, 11) is 0. The summed E-state index contributed by atoms with van der Waals surface area (Å²) in [5.74, 6) is 0.624. The Balaban J connectivity index is 1.84. The number of hydrogen-bond donors (Lipinski definition) is 2. The number of nitrogens with zero attached hydrogens (tertiary/aromatic N) is 1. The van der Waals surface area contributed by atoms with Crippen LogP contribution in [0.1, 0.15) is 18.4 Å². The van der Waals surface area contributed by atoms with Crippen LogP contribution in [0.4, 0.5) is 5.69 Å². The molecule has 1 saturated carbocycles. The van der Waals surface area contributed by atoms with E-state index in [9.17, 15) is 4.79 Å². The molecule has 0 radical (unpaired) electrons. The van der Waals surface area contributed by atoms with Gasteiger partial charge < -0.3 is 10.6 Å². The number of halogens is 1. The van der Waals surface area contributed by atoms with Crippen molar-refractivity contribution in [2.75, 3.05) is 18.4 Å². The lowest BCUT2D eigenvalue weighted by Gasteiger charge is -2.08. The van der Waals surface area contributed by atoms with Crippen molar-refractivity contribution in [3.8, 4) is 6.07 Å². The highest BCUT2D eigenvalue weighted by Gasteiger charge is 2.20. The molecule has 0 atom stereocenters. The Kier molecular flexibility index (Phi) is 4.19. The minimum Gasteiger partial charge on any atom is -0.324 e. The quantitative estimate of drug-likeness (QED) is 0.856. The molecule has 0 bridgehead atoms. The van der Waals surface area contributed by atoms with Crippen LogP contribution in [0.25, 0.3) is 0 Å². The van der Waals surface area contributed by atoms with Crippen LogP contribution >= 0.6 is 11.6 Å². The molecule has 1 aromatic carbocycles. The molecule has 1 aromatic rings. The van der Waals surface area contributed by atoms with Crippen molar-refractivity contribution < 1.29 is 4.79 Å². The number of hydrogen-bond acceptors (Lipinski definition) is 3. The first-order valence-corrected chi connectivity index (χ1v) is 6.27. The zero-order valence-electron chi connectivity index (χ0n) is 9.87. The van der Waals surface area contributed by atoms with Crippen LogP contribution in [0.15, 0.2) is 18.2 Å². The van der Waals surface area contributed by atoms with Gasteiger partial charge >= 0.3 is 0 Å². The van der Waals surface area contributed by atoms with Gasteiger partial charge in [-0.25, -0.2) is 0 Å². The van der Waals surface area contributed by atoms with Crippen molar-refractivity contribution in [1.82, 2.24) is 5.32 Å². The van der Waals surface area contributed by atoms with Gasteiger partial charge in [-0.15, -0.1) is 0 Å². The fourth-order valence-electron chi connectivity index (χ4n) is 1.59. The summed E-state index contributed by atoms with van der Waals surface area (Å²) in [5, 5.41) is 14.9. The predicted octanol–water partition coefficient (Wildman–Crippen LogP) is 2.15. The van der Waals surface area contributed by atoms with Gasteiger partial charge in [0.25, 0.3) is 0 Å². The summed E-state index contributed by atoms with van der Waals surface area (Å²) < 4.78 is 0. The first-order valence-electron chi connectivity index (χ1n) is 5.89. The average molecular weight is 264 g/mol. The van der Waals surface area contributed by atoms with E-state index < -0.39 is 0 Å². The molecule has 0 aromatic heterocycles. The van der Waals surface area contributed by atoms with E-state index in [1.54, 1.807) is 12.1 Å². The van der Waals surface area contributed by atoms with Gasteiger partial charge in [0.1, 0.15) is 0 Å². The second-order valence-electron chi connectivity index (χ2n) is 4.43. The highest BCUT2D eigenvalue weighted by Crippen LogP contribution is 2.27. The molecule has 1 aliphatic rings. The molecular formula is C13H14ClN3O. The Morgan fingerprint density at radius 3 is 2.89 bits per heavy atom. The first kappa shape index (κ1) is 12.9. The Hall–Kier alpha value is -1.57. The number of anilines is 1. The Labute approximate surface area is 111 Å². The highest BCUT2D eigenvalue weighted by atomic mass is 35.5. The molecule has 2 rings (SSSR count). The third-order valence-electron chi connectivity index (χ3n) is 2.79. The molecule has 2 N–H and O–H groups in total. The fourth-order valence-corrected chi connectivity index (χ4v) is 1.82. The molecule has 1 fully saturated rings. The average Bonchev–Trinajstić information content (AvgIpc) is 3.16. The maximum absolute atomic E-state index is 11.6. The van der Waals surface area contributed by atoms with Crippen LogP contribution in [0.3, 0.4) is 0 Å². The standard InChI is InChI=1S/C13H14ClN3O/c14-11-5-10(6-15)3-4-12(11)17-13(18)8-16-7-9-1-2-9/h3-5,9,16H,1-2,7-8H2,(H,17,18). The van der Waals surface area contributed by atoms with Crippen molar-refractivity contribution in [3.63, 3.8) is 0 Å². The van der Waals surface area contributed by atoms with Gasteiger partial charge in [-0.05, 0) is 43.5 Å². The third-order valence-corrected chi connectivity index (χ3v) is 3.10. The summed E-state index contributed by atoms with van der Waals surface area (Å²) in [6.45, 7) is 1.18. The monoisotopic (exact) mass is 263 g/mol. The lowest BCUT2D eigenvalue weighted by molar-refractivity contribution is -0.115. The Morgan fingerprint density at radius 2 is 2.28 bits per heavy atom. The van der Waals surface area contributed by atoms with Gasteiger partial charge in [-0.2, -0.15) is 5.26 Å². The molecule has 94 valence electrons. The molecular weight excluding hydrogens is 250 g/mol. The van der Waals surface area contributed by atoms with Crippen molar-refractivity contribution in [3.05, 3.63) is 28.8 Å². The normalized spacial score (nSPS) is 14.0. The van der Waals surface area contributed by atoms with E-state index in [-0.39, 0.29) is 12.5 Å². The molecule has 0 spiro atoms. The second-order valence-corrected chi connectivity index (χ2v) is 4.84. The number of nitriles is 1. The number of amides is 1. The van der Waals surface area contributed by atoms with E-state index in [0.29, 0.717) is 16.3 Å². The number of benzene rings is 1. The SMILES string of the molecule is N#Cc1ccc(NC(=O)CNCC2CC2)c(Cl)c1. The van der Waals surface area contributed by atoms with Gasteiger partial charge in [0.05, 0.1) is 28.9 Å². The van der Waals surface area contributed by atoms with Crippen LogP contribution < -0.4 is 10.6 Å². The molecule has 1 amide bonds. The van der Waals surface area contributed by atoms with Crippen LogP contribution in [0.5, 0.6) is 0 Å². The van der Waals surface area contributed by atoms with Crippen molar-refractivity contribution in [1.29, 1.82) is 5.26 Å². The number of nitrogens with one attached hydrogen (secondary N) is 2. The Morgan fingerprint density at radius 1 is 1.50 bits per heavy atom. The zero-order valence-corrected chi connectivity index (χ0v) is 10.6. The largest absolute Gasteiger partial charge is 0.324 e. The minimum absolute atomic E-state index is 0.123. The summed E-state index contributed by atoms with van der Waals surface area (Å²) >= 11 is 5.96. The molecule has 18 heavy (non-hydrogen) atoms. The van der Waals surface area contributed by atoms with Gasteiger partial charge in [-0.1, -0.05) is 11.6 Å². The number of carbonyl (C=O) groups excluding carboxylic acids is 1. The molecule has 0 unspecified atom stereocenters. The predicted molar refractivity (Wildman–Crippen MR) is 70.4 cm³/mol. The van der Waals surface area contributed by atoms with E-state index in [0.717, 1.165) is 12.5 Å². The minimum atomic E-state index is -0.123. The second kappa shape index (κ2) is 5.85. The third kappa shape index (κ3) is 3.73. The van der Waals surface area contributed by atoms with Gasteiger partial charge in [0, 0.05) is 0 Å². The van der Waals surface area contributed by atoms with Gasteiger partial charge in [0.15, 0.2) is 0 Å². The summed E-state index contributed by atoms with van der Waals surface area (Å²) in [6.07, 6.45) is 2.52.